The Labute approximate surface area is 171 Å². The second-order valence-electron chi connectivity index (χ2n) is 7.23. The predicted octanol–water partition coefficient (Wildman–Crippen LogP) is 3.05. The molecule has 0 aliphatic carbocycles. The van der Waals surface area contributed by atoms with Crippen molar-refractivity contribution < 1.29 is 14.4 Å². The van der Waals surface area contributed by atoms with Crippen molar-refractivity contribution in [3.8, 4) is 0 Å². The Morgan fingerprint density at radius 1 is 1.03 bits per heavy atom. The van der Waals surface area contributed by atoms with Crippen molar-refractivity contribution in [2.75, 3.05) is 13.1 Å². The van der Waals surface area contributed by atoms with Crippen LogP contribution in [-0.2, 0) is 9.59 Å². The first-order valence-electron chi connectivity index (χ1n) is 10.1. The van der Waals surface area contributed by atoms with Crippen LogP contribution >= 0.6 is 0 Å². The SMILES string of the molecule is CCCC1NC(=O)N(CC(=O)NCCC(c2ccccc2)c2ccccc2)C1=O. The van der Waals surface area contributed by atoms with E-state index in [0.29, 0.717) is 13.0 Å². The summed E-state index contributed by atoms with van der Waals surface area (Å²) in [4.78, 5) is 37.6. The van der Waals surface area contributed by atoms with Crippen molar-refractivity contribution in [1.82, 2.24) is 15.5 Å². The molecule has 29 heavy (non-hydrogen) atoms. The smallest absolute Gasteiger partial charge is 0.325 e. The van der Waals surface area contributed by atoms with Gasteiger partial charge in [0.25, 0.3) is 5.91 Å². The average Bonchev–Trinajstić information content (AvgIpc) is 3.00. The molecule has 6 nitrogen and oxygen atoms in total. The van der Waals surface area contributed by atoms with Gasteiger partial charge in [-0.25, -0.2) is 4.79 Å². The van der Waals surface area contributed by atoms with Crippen LogP contribution in [0, 0.1) is 0 Å². The molecule has 1 fully saturated rings. The summed E-state index contributed by atoms with van der Waals surface area (Å²) < 4.78 is 0. The highest BCUT2D eigenvalue weighted by Gasteiger charge is 2.38. The van der Waals surface area contributed by atoms with Gasteiger partial charge in [-0.1, -0.05) is 74.0 Å². The Balaban J connectivity index is 1.56. The Morgan fingerprint density at radius 2 is 1.62 bits per heavy atom. The summed E-state index contributed by atoms with van der Waals surface area (Å²) in [5.41, 5.74) is 2.37. The molecule has 1 aliphatic heterocycles. The van der Waals surface area contributed by atoms with Crippen LogP contribution < -0.4 is 10.6 Å². The fourth-order valence-electron chi connectivity index (χ4n) is 3.66. The molecule has 1 atom stereocenters. The largest absolute Gasteiger partial charge is 0.355 e. The van der Waals surface area contributed by atoms with Gasteiger partial charge in [-0.2, -0.15) is 0 Å². The molecule has 0 radical (unpaired) electrons. The van der Waals surface area contributed by atoms with Gasteiger partial charge in [-0.3, -0.25) is 14.5 Å². The van der Waals surface area contributed by atoms with Gasteiger partial charge in [0.2, 0.25) is 5.91 Å². The number of carbonyl (C=O) groups is 3. The molecule has 1 saturated heterocycles. The molecule has 0 saturated carbocycles. The maximum atomic E-state index is 12.3. The Bertz CT molecular complexity index is 799. The maximum Gasteiger partial charge on any atom is 0.325 e. The minimum absolute atomic E-state index is 0.156. The molecule has 0 aromatic heterocycles. The van der Waals surface area contributed by atoms with E-state index in [1.807, 2.05) is 43.3 Å². The Morgan fingerprint density at radius 3 is 2.17 bits per heavy atom. The summed E-state index contributed by atoms with van der Waals surface area (Å²) in [6.45, 7) is 2.16. The summed E-state index contributed by atoms with van der Waals surface area (Å²) >= 11 is 0. The number of rotatable bonds is 9. The Hall–Kier alpha value is -3.15. The lowest BCUT2D eigenvalue weighted by Gasteiger charge is -2.19. The van der Waals surface area contributed by atoms with E-state index >= 15 is 0 Å². The van der Waals surface area contributed by atoms with Crippen LogP contribution in [0.5, 0.6) is 0 Å². The van der Waals surface area contributed by atoms with Crippen LogP contribution in [0.15, 0.2) is 60.7 Å². The van der Waals surface area contributed by atoms with E-state index in [2.05, 4.69) is 34.9 Å². The van der Waals surface area contributed by atoms with Crippen LogP contribution in [0.1, 0.15) is 43.2 Å². The molecule has 4 amide bonds. The molecule has 1 aliphatic rings. The van der Waals surface area contributed by atoms with Gasteiger partial charge < -0.3 is 10.6 Å². The molecule has 0 spiro atoms. The predicted molar refractivity (Wildman–Crippen MR) is 111 cm³/mol. The van der Waals surface area contributed by atoms with E-state index in [4.69, 9.17) is 0 Å². The first-order chi connectivity index (χ1) is 14.1. The number of nitrogens with zero attached hydrogens (tertiary/aromatic N) is 1. The van der Waals surface area contributed by atoms with Crippen LogP contribution in [0.3, 0.4) is 0 Å². The minimum Gasteiger partial charge on any atom is -0.355 e. The van der Waals surface area contributed by atoms with Crippen LogP contribution in [0.4, 0.5) is 4.79 Å². The number of hydrogen-bond acceptors (Lipinski definition) is 3. The van der Waals surface area contributed by atoms with Gasteiger partial charge in [0.05, 0.1) is 0 Å². The third-order valence-corrected chi connectivity index (χ3v) is 5.15. The zero-order valence-electron chi connectivity index (χ0n) is 16.6. The number of amides is 4. The normalized spacial score (nSPS) is 16.2. The van der Waals surface area contributed by atoms with Crippen LogP contribution in [-0.4, -0.2) is 41.9 Å². The van der Waals surface area contributed by atoms with Crippen LogP contribution in [0.2, 0.25) is 0 Å². The van der Waals surface area contributed by atoms with Gasteiger partial charge in [-0.05, 0) is 24.0 Å². The zero-order chi connectivity index (χ0) is 20.6. The molecular weight excluding hydrogens is 366 g/mol. The molecular formula is C23H27N3O3. The monoisotopic (exact) mass is 393 g/mol. The molecule has 0 bridgehead atoms. The maximum absolute atomic E-state index is 12.3. The second-order valence-corrected chi connectivity index (χ2v) is 7.23. The molecule has 1 heterocycles. The number of urea groups is 1. The second kappa shape index (κ2) is 9.87. The van der Waals surface area contributed by atoms with E-state index in [0.717, 1.165) is 17.7 Å². The van der Waals surface area contributed by atoms with E-state index in [9.17, 15) is 14.4 Å². The van der Waals surface area contributed by atoms with E-state index < -0.39 is 12.1 Å². The first kappa shape index (κ1) is 20.6. The Kier molecular flexibility index (Phi) is 7.00. The number of carbonyl (C=O) groups excluding carboxylic acids is 3. The van der Waals surface area contributed by atoms with Gasteiger partial charge in [-0.15, -0.1) is 0 Å². The van der Waals surface area contributed by atoms with Crippen molar-refractivity contribution in [1.29, 1.82) is 0 Å². The first-order valence-corrected chi connectivity index (χ1v) is 10.1. The molecule has 2 aromatic rings. The summed E-state index contributed by atoms with van der Waals surface area (Å²) in [5, 5.41) is 5.49. The standard InChI is InChI=1S/C23H27N3O3/c1-2-9-20-22(28)26(23(29)25-20)16-21(27)24-15-14-19(17-10-5-3-6-11-17)18-12-7-4-8-13-18/h3-8,10-13,19-20H,2,9,14-16H2,1H3,(H,24,27)(H,25,29). The van der Waals surface area contributed by atoms with Gasteiger partial charge in [0, 0.05) is 12.5 Å². The number of nitrogens with one attached hydrogen (secondary N) is 2. The fourth-order valence-corrected chi connectivity index (χ4v) is 3.66. The summed E-state index contributed by atoms with van der Waals surface area (Å²) in [6, 6.07) is 19.3. The fraction of sp³-hybridized carbons (Fsp3) is 0.348. The highest BCUT2D eigenvalue weighted by Crippen LogP contribution is 2.27. The van der Waals surface area contributed by atoms with Gasteiger partial charge >= 0.3 is 6.03 Å². The zero-order valence-corrected chi connectivity index (χ0v) is 16.6. The van der Waals surface area contributed by atoms with Crippen LogP contribution in [0.25, 0.3) is 0 Å². The van der Waals surface area contributed by atoms with E-state index in [1.54, 1.807) is 0 Å². The summed E-state index contributed by atoms with van der Waals surface area (Å²) in [7, 11) is 0. The van der Waals surface area contributed by atoms with Crippen molar-refractivity contribution in [2.24, 2.45) is 0 Å². The number of hydrogen-bond donors (Lipinski definition) is 2. The van der Waals surface area contributed by atoms with Gasteiger partial charge in [0.15, 0.2) is 0 Å². The third kappa shape index (κ3) is 5.22. The van der Waals surface area contributed by atoms with Crippen molar-refractivity contribution in [3.63, 3.8) is 0 Å². The highest BCUT2D eigenvalue weighted by atomic mass is 16.2. The molecule has 1 unspecified atom stereocenters. The number of benzene rings is 2. The lowest BCUT2D eigenvalue weighted by molar-refractivity contribution is -0.132. The molecule has 3 rings (SSSR count). The quantitative estimate of drug-likeness (QED) is 0.643. The van der Waals surface area contributed by atoms with Crippen molar-refractivity contribution >= 4 is 17.8 Å². The molecule has 2 aromatic carbocycles. The van der Waals surface area contributed by atoms with E-state index in [-0.39, 0.29) is 24.3 Å². The lowest BCUT2D eigenvalue weighted by Crippen LogP contribution is -2.41. The summed E-state index contributed by atoms with van der Waals surface area (Å²) in [6.07, 6.45) is 2.09. The summed E-state index contributed by atoms with van der Waals surface area (Å²) in [5.74, 6) is -0.493. The van der Waals surface area contributed by atoms with Gasteiger partial charge in [0.1, 0.15) is 12.6 Å². The topological polar surface area (TPSA) is 78.5 Å². The minimum atomic E-state index is -0.513. The third-order valence-electron chi connectivity index (χ3n) is 5.15. The number of imide groups is 1. The highest BCUT2D eigenvalue weighted by molar-refractivity contribution is 6.06. The molecule has 6 heteroatoms. The molecule has 2 N–H and O–H groups in total. The van der Waals surface area contributed by atoms with Crippen molar-refractivity contribution in [2.45, 2.75) is 38.1 Å². The average molecular weight is 393 g/mol. The van der Waals surface area contributed by atoms with Crippen molar-refractivity contribution in [3.05, 3.63) is 71.8 Å². The molecule has 152 valence electrons. The van der Waals surface area contributed by atoms with E-state index in [1.165, 1.54) is 11.1 Å². The lowest BCUT2D eigenvalue weighted by atomic mass is 9.88.